The number of hydrogen-bond donors (Lipinski definition) is 3. The molecule has 0 radical (unpaired) electrons. The highest BCUT2D eigenvalue weighted by atomic mass is 32.1. The van der Waals surface area contributed by atoms with Crippen LogP contribution in [-0.2, 0) is 6.54 Å². The Morgan fingerprint density at radius 2 is 1.82 bits per heavy atom. The average molecular weight is 393 g/mol. The zero-order valence-corrected chi connectivity index (χ0v) is 16.2. The van der Waals surface area contributed by atoms with E-state index in [4.69, 9.17) is 4.74 Å². The quantitative estimate of drug-likeness (QED) is 0.435. The largest absolute Gasteiger partial charge is 0.496 e. The third-order valence-corrected chi connectivity index (χ3v) is 4.87. The van der Waals surface area contributed by atoms with Crippen LogP contribution in [0.1, 0.15) is 5.56 Å². The summed E-state index contributed by atoms with van der Waals surface area (Å²) in [5.41, 5.74) is 4.71. The van der Waals surface area contributed by atoms with E-state index >= 15 is 0 Å². The third-order valence-electron chi connectivity index (χ3n) is 4.08. The van der Waals surface area contributed by atoms with Gasteiger partial charge in [-0.2, -0.15) is 15.0 Å². The van der Waals surface area contributed by atoms with E-state index in [0.29, 0.717) is 24.4 Å². The number of nitrogens with one attached hydrogen (secondary N) is 3. The van der Waals surface area contributed by atoms with E-state index in [2.05, 4.69) is 35.9 Å². The van der Waals surface area contributed by atoms with Crippen LogP contribution in [-0.4, -0.2) is 34.1 Å². The summed E-state index contributed by atoms with van der Waals surface area (Å²) in [4.78, 5) is 17.5. The average Bonchev–Trinajstić information content (AvgIpc) is 3.20. The lowest BCUT2D eigenvalue weighted by Gasteiger charge is -2.11. The van der Waals surface area contributed by atoms with Crippen LogP contribution >= 0.6 is 11.3 Å². The summed E-state index contributed by atoms with van der Waals surface area (Å²) in [6, 6.07) is 13.8. The van der Waals surface area contributed by atoms with Gasteiger partial charge in [0.25, 0.3) is 0 Å². The van der Waals surface area contributed by atoms with E-state index in [1.54, 1.807) is 25.5 Å². The van der Waals surface area contributed by atoms with Crippen molar-refractivity contribution >= 4 is 45.1 Å². The Morgan fingerprint density at radius 3 is 2.68 bits per heavy atom. The predicted octanol–water partition coefficient (Wildman–Crippen LogP) is 3.89. The number of ether oxygens (including phenoxy) is 1. The molecule has 2 heterocycles. The highest BCUT2D eigenvalue weighted by molar-refractivity contribution is 7.16. The van der Waals surface area contributed by atoms with Gasteiger partial charge in [-0.15, -0.1) is 11.3 Å². The fourth-order valence-electron chi connectivity index (χ4n) is 2.71. The minimum absolute atomic E-state index is 0.450. The lowest BCUT2D eigenvalue weighted by atomic mass is 10.2. The molecule has 0 aliphatic carbocycles. The Morgan fingerprint density at radius 1 is 1.00 bits per heavy atom. The van der Waals surface area contributed by atoms with Crippen LogP contribution in [0.3, 0.4) is 0 Å². The molecule has 0 amide bonds. The van der Waals surface area contributed by atoms with Crippen LogP contribution in [0.25, 0.3) is 10.2 Å². The molecule has 8 nitrogen and oxygen atoms in total. The number of fused-ring (bicyclic) bond motifs is 1. The first-order chi connectivity index (χ1) is 13.7. The Hall–Kier alpha value is -3.46. The van der Waals surface area contributed by atoms with Gasteiger partial charge in [-0.3, -0.25) is 0 Å². The van der Waals surface area contributed by atoms with Gasteiger partial charge in [-0.05, 0) is 24.3 Å². The van der Waals surface area contributed by atoms with Gasteiger partial charge in [0.2, 0.25) is 17.8 Å². The lowest BCUT2D eigenvalue weighted by molar-refractivity contribution is 0.410. The van der Waals surface area contributed by atoms with Crippen molar-refractivity contribution in [2.24, 2.45) is 0 Å². The second kappa shape index (κ2) is 8.05. The Kier molecular flexibility index (Phi) is 5.16. The van der Waals surface area contributed by atoms with E-state index in [1.165, 1.54) is 0 Å². The summed E-state index contributed by atoms with van der Waals surface area (Å²) in [5.74, 6) is 2.20. The van der Waals surface area contributed by atoms with Gasteiger partial charge < -0.3 is 20.7 Å². The van der Waals surface area contributed by atoms with Crippen LogP contribution in [0.5, 0.6) is 5.75 Å². The summed E-state index contributed by atoms with van der Waals surface area (Å²) in [7, 11) is 3.43. The molecule has 0 unspecified atom stereocenters. The van der Waals surface area contributed by atoms with Gasteiger partial charge in [0.1, 0.15) is 5.75 Å². The summed E-state index contributed by atoms with van der Waals surface area (Å²) in [5, 5.41) is 9.43. The van der Waals surface area contributed by atoms with Crippen LogP contribution in [0.15, 0.2) is 48.0 Å². The zero-order chi connectivity index (χ0) is 19.3. The van der Waals surface area contributed by atoms with Gasteiger partial charge in [-0.25, -0.2) is 4.98 Å². The van der Waals surface area contributed by atoms with Crippen molar-refractivity contribution in [2.75, 3.05) is 30.1 Å². The molecule has 3 N–H and O–H groups in total. The molecule has 0 spiro atoms. The molecule has 2 aromatic carbocycles. The van der Waals surface area contributed by atoms with Gasteiger partial charge >= 0.3 is 0 Å². The molecule has 0 saturated heterocycles. The second-order valence-electron chi connectivity index (χ2n) is 5.88. The van der Waals surface area contributed by atoms with E-state index in [1.807, 2.05) is 48.0 Å². The molecule has 0 fully saturated rings. The van der Waals surface area contributed by atoms with Crippen LogP contribution < -0.4 is 20.7 Å². The van der Waals surface area contributed by atoms with Crippen LogP contribution in [0.4, 0.5) is 23.5 Å². The standard InChI is InChI=1S/C19H19N7OS/c1-20-17-24-18(21-10-12-5-3-4-6-15(12)27-2)26-19(25-17)23-13-7-8-14-16(9-13)28-11-22-14/h3-9,11H,10H2,1-2H3,(H3,20,21,23,24,25,26). The minimum atomic E-state index is 0.450. The predicted molar refractivity (Wildman–Crippen MR) is 113 cm³/mol. The first-order valence-electron chi connectivity index (χ1n) is 8.65. The van der Waals surface area contributed by atoms with Crippen LogP contribution in [0.2, 0.25) is 0 Å². The summed E-state index contributed by atoms with van der Waals surface area (Å²) in [6.45, 7) is 0.531. The van der Waals surface area contributed by atoms with E-state index in [9.17, 15) is 0 Å². The molecule has 0 saturated carbocycles. The molecule has 0 bridgehead atoms. The number of methoxy groups -OCH3 is 1. The fraction of sp³-hybridized carbons (Fsp3) is 0.158. The highest BCUT2D eigenvalue weighted by Crippen LogP contribution is 2.24. The molecule has 0 atom stereocenters. The van der Waals surface area contributed by atoms with Gasteiger partial charge in [0.05, 0.1) is 22.8 Å². The number of aromatic nitrogens is 4. The SMILES string of the molecule is CNc1nc(NCc2ccccc2OC)nc(Nc2ccc3ncsc3c2)n1. The normalized spacial score (nSPS) is 10.6. The molecule has 28 heavy (non-hydrogen) atoms. The number of benzene rings is 2. The summed E-state index contributed by atoms with van der Waals surface area (Å²) < 4.78 is 6.49. The number of para-hydroxylation sites is 1. The van der Waals surface area contributed by atoms with Crippen molar-refractivity contribution in [3.63, 3.8) is 0 Å². The van der Waals surface area contributed by atoms with Crippen molar-refractivity contribution in [1.82, 2.24) is 19.9 Å². The van der Waals surface area contributed by atoms with Crippen molar-refractivity contribution < 1.29 is 4.74 Å². The molecular weight excluding hydrogens is 374 g/mol. The lowest BCUT2D eigenvalue weighted by Crippen LogP contribution is -2.10. The van der Waals surface area contributed by atoms with Gasteiger partial charge in [-0.1, -0.05) is 18.2 Å². The maximum Gasteiger partial charge on any atom is 0.233 e. The first-order valence-corrected chi connectivity index (χ1v) is 9.53. The Balaban J connectivity index is 1.55. The highest BCUT2D eigenvalue weighted by Gasteiger charge is 2.08. The minimum Gasteiger partial charge on any atom is -0.496 e. The van der Waals surface area contributed by atoms with Crippen molar-refractivity contribution in [2.45, 2.75) is 6.54 Å². The monoisotopic (exact) mass is 393 g/mol. The third kappa shape index (κ3) is 3.94. The topological polar surface area (TPSA) is 96.9 Å². The molecule has 4 rings (SSSR count). The van der Waals surface area contributed by atoms with Crippen molar-refractivity contribution in [3.05, 3.63) is 53.5 Å². The van der Waals surface area contributed by atoms with Crippen LogP contribution in [0, 0.1) is 0 Å². The molecule has 142 valence electrons. The Labute approximate surface area is 166 Å². The Bertz CT molecular complexity index is 1100. The smallest absolute Gasteiger partial charge is 0.233 e. The number of rotatable bonds is 7. The maximum atomic E-state index is 5.39. The van der Waals surface area contributed by atoms with Gasteiger partial charge in [0, 0.05) is 24.8 Å². The number of anilines is 4. The number of hydrogen-bond acceptors (Lipinski definition) is 9. The van der Waals surface area contributed by atoms with Gasteiger partial charge in [0.15, 0.2) is 0 Å². The molecule has 0 aliphatic rings. The number of nitrogens with zero attached hydrogens (tertiary/aromatic N) is 4. The molecule has 4 aromatic rings. The molecular formula is C19H19N7OS. The summed E-state index contributed by atoms with van der Waals surface area (Å²) >= 11 is 1.59. The second-order valence-corrected chi connectivity index (χ2v) is 6.77. The fourth-order valence-corrected chi connectivity index (χ4v) is 3.42. The van der Waals surface area contributed by atoms with E-state index in [0.717, 1.165) is 27.2 Å². The first kappa shape index (κ1) is 17.9. The van der Waals surface area contributed by atoms with E-state index in [-0.39, 0.29) is 0 Å². The zero-order valence-electron chi connectivity index (χ0n) is 15.4. The summed E-state index contributed by atoms with van der Waals surface area (Å²) in [6.07, 6.45) is 0. The number of thiazole rings is 1. The molecule has 2 aromatic heterocycles. The molecule has 0 aliphatic heterocycles. The van der Waals surface area contributed by atoms with E-state index < -0.39 is 0 Å². The van der Waals surface area contributed by atoms with Crippen molar-refractivity contribution in [1.29, 1.82) is 0 Å². The maximum absolute atomic E-state index is 5.39. The van der Waals surface area contributed by atoms with Crippen molar-refractivity contribution in [3.8, 4) is 5.75 Å². The molecule has 9 heteroatoms.